The Morgan fingerprint density at radius 3 is 2.52 bits per heavy atom. The van der Waals surface area contributed by atoms with Crippen molar-refractivity contribution in [3.8, 4) is 11.5 Å². The third kappa shape index (κ3) is 5.40. The van der Waals surface area contributed by atoms with E-state index in [0.29, 0.717) is 16.5 Å². The predicted octanol–water partition coefficient (Wildman–Crippen LogP) is 5.05. The van der Waals surface area contributed by atoms with Crippen LogP contribution in [-0.2, 0) is 0 Å². The molecule has 0 saturated heterocycles. The molecule has 3 aromatic rings. The van der Waals surface area contributed by atoms with Crippen molar-refractivity contribution in [1.82, 2.24) is 9.88 Å². The number of halogens is 1. The molecule has 0 unspecified atom stereocenters. The lowest BCUT2D eigenvalue weighted by Crippen LogP contribution is -2.20. The largest absolute Gasteiger partial charge is 0.493 e. The Kier molecular flexibility index (Phi) is 6.96. The van der Waals surface area contributed by atoms with Crippen LogP contribution in [0.3, 0.4) is 0 Å². The van der Waals surface area contributed by atoms with Gasteiger partial charge in [-0.1, -0.05) is 23.7 Å². The Morgan fingerprint density at radius 1 is 1.00 bits per heavy atom. The van der Waals surface area contributed by atoms with Gasteiger partial charge in [-0.25, -0.2) is 4.98 Å². The van der Waals surface area contributed by atoms with Crippen molar-refractivity contribution in [2.75, 3.05) is 46.7 Å². The van der Waals surface area contributed by atoms with Gasteiger partial charge in [0.1, 0.15) is 0 Å². The number of methoxy groups -OCH3 is 2. The zero-order valence-electron chi connectivity index (χ0n) is 17.2. The number of benzene rings is 2. The molecule has 2 aromatic carbocycles. The first-order valence-electron chi connectivity index (χ1n) is 9.39. The van der Waals surface area contributed by atoms with Gasteiger partial charge in [0.15, 0.2) is 11.5 Å². The molecule has 1 aromatic heterocycles. The summed E-state index contributed by atoms with van der Waals surface area (Å²) in [5.41, 5.74) is 3.78. The number of fused-ring (bicyclic) bond motifs is 1. The van der Waals surface area contributed by atoms with Crippen molar-refractivity contribution in [1.29, 1.82) is 0 Å². The van der Waals surface area contributed by atoms with E-state index in [4.69, 9.17) is 26.1 Å². The van der Waals surface area contributed by atoms with Gasteiger partial charge in [0, 0.05) is 29.2 Å². The van der Waals surface area contributed by atoms with Crippen molar-refractivity contribution in [2.24, 2.45) is 0 Å². The second kappa shape index (κ2) is 9.63. The van der Waals surface area contributed by atoms with Gasteiger partial charge in [-0.2, -0.15) is 0 Å². The fourth-order valence-electron chi connectivity index (χ4n) is 3.00. The van der Waals surface area contributed by atoms with Crippen LogP contribution in [0.5, 0.6) is 11.5 Å². The SMILES string of the molecule is COc1ccc(/C=C/c2cc(NCCN(C)C)c3cc(Cl)ccc3n2)cc1OC. The van der Waals surface area contributed by atoms with Crippen LogP contribution >= 0.6 is 11.6 Å². The van der Waals surface area contributed by atoms with E-state index in [2.05, 4.69) is 24.3 Å². The third-order valence-corrected chi connectivity index (χ3v) is 4.75. The normalized spacial score (nSPS) is 11.4. The smallest absolute Gasteiger partial charge is 0.161 e. The lowest BCUT2D eigenvalue weighted by atomic mass is 10.1. The fourth-order valence-corrected chi connectivity index (χ4v) is 3.17. The topological polar surface area (TPSA) is 46.6 Å². The molecule has 0 aliphatic rings. The predicted molar refractivity (Wildman–Crippen MR) is 122 cm³/mol. The molecule has 152 valence electrons. The van der Waals surface area contributed by atoms with Gasteiger partial charge in [-0.15, -0.1) is 0 Å². The Morgan fingerprint density at radius 2 is 1.79 bits per heavy atom. The first kappa shape index (κ1) is 21.0. The molecule has 1 heterocycles. The van der Waals surface area contributed by atoms with Gasteiger partial charge in [0.2, 0.25) is 0 Å². The Balaban J connectivity index is 1.92. The molecular weight excluding hydrogens is 386 g/mol. The number of hydrogen-bond acceptors (Lipinski definition) is 5. The van der Waals surface area contributed by atoms with Crippen molar-refractivity contribution in [2.45, 2.75) is 0 Å². The van der Waals surface area contributed by atoms with Gasteiger partial charge in [0.25, 0.3) is 0 Å². The van der Waals surface area contributed by atoms with E-state index in [-0.39, 0.29) is 0 Å². The van der Waals surface area contributed by atoms with Crippen molar-refractivity contribution < 1.29 is 9.47 Å². The first-order valence-corrected chi connectivity index (χ1v) is 9.77. The van der Waals surface area contributed by atoms with Crippen molar-refractivity contribution in [3.63, 3.8) is 0 Å². The molecule has 6 heteroatoms. The molecule has 5 nitrogen and oxygen atoms in total. The molecule has 0 aliphatic heterocycles. The van der Waals surface area contributed by atoms with Crippen LogP contribution < -0.4 is 14.8 Å². The average Bonchev–Trinajstić information content (AvgIpc) is 2.72. The van der Waals surface area contributed by atoms with Gasteiger partial charge in [0.05, 0.1) is 25.4 Å². The summed E-state index contributed by atoms with van der Waals surface area (Å²) in [6.45, 7) is 1.76. The average molecular weight is 412 g/mol. The molecule has 0 amide bonds. The van der Waals surface area contributed by atoms with Gasteiger partial charge < -0.3 is 19.7 Å². The quantitative estimate of drug-likeness (QED) is 0.562. The number of anilines is 1. The summed E-state index contributed by atoms with van der Waals surface area (Å²) in [6, 6.07) is 13.6. The Hall–Kier alpha value is -2.76. The maximum Gasteiger partial charge on any atom is 0.161 e. The number of rotatable bonds is 8. The molecule has 29 heavy (non-hydrogen) atoms. The van der Waals surface area contributed by atoms with Crippen molar-refractivity contribution in [3.05, 3.63) is 58.7 Å². The van der Waals surface area contributed by atoms with Crippen LogP contribution in [0.4, 0.5) is 5.69 Å². The summed E-state index contributed by atoms with van der Waals surface area (Å²) >= 11 is 6.21. The summed E-state index contributed by atoms with van der Waals surface area (Å²) in [5, 5.41) is 5.22. The molecule has 0 atom stereocenters. The van der Waals surface area contributed by atoms with Crippen LogP contribution in [0, 0.1) is 0 Å². The zero-order valence-corrected chi connectivity index (χ0v) is 18.0. The maximum absolute atomic E-state index is 6.21. The summed E-state index contributed by atoms with van der Waals surface area (Å²) in [4.78, 5) is 6.90. The summed E-state index contributed by atoms with van der Waals surface area (Å²) in [6.07, 6.45) is 4.00. The molecule has 0 saturated carbocycles. The number of aromatic nitrogens is 1. The molecule has 0 aliphatic carbocycles. The van der Waals surface area contributed by atoms with Crippen LogP contribution in [0.25, 0.3) is 23.1 Å². The third-order valence-electron chi connectivity index (χ3n) is 4.52. The number of nitrogens with zero attached hydrogens (tertiary/aromatic N) is 2. The molecule has 3 rings (SSSR count). The second-order valence-electron chi connectivity index (χ2n) is 6.93. The minimum Gasteiger partial charge on any atom is -0.493 e. The molecule has 0 bridgehead atoms. The van der Waals surface area contributed by atoms with E-state index in [1.807, 2.05) is 54.6 Å². The maximum atomic E-state index is 6.21. The standard InChI is InChI=1S/C23H26ClN3O2/c1-27(2)12-11-25-21-15-18(26-20-9-7-17(24)14-19(20)21)8-5-16-6-10-22(28-3)23(13-16)29-4/h5-10,13-15H,11-12H2,1-4H3,(H,25,26)/b8-5+. The molecule has 0 radical (unpaired) electrons. The molecule has 0 fully saturated rings. The molecule has 0 spiro atoms. The minimum atomic E-state index is 0.696. The monoisotopic (exact) mass is 411 g/mol. The van der Waals surface area contributed by atoms with E-state index in [1.165, 1.54) is 0 Å². The van der Waals surface area contributed by atoms with Crippen molar-refractivity contribution >= 4 is 40.3 Å². The van der Waals surface area contributed by atoms with Crippen LogP contribution in [-0.4, -0.2) is 51.3 Å². The van der Waals surface area contributed by atoms with Gasteiger partial charge in [-0.3, -0.25) is 0 Å². The van der Waals surface area contributed by atoms with Crippen LogP contribution in [0.2, 0.25) is 5.02 Å². The minimum absolute atomic E-state index is 0.696. The summed E-state index contributed by atoms with van der Waals surface area (Å²) in [7, 11) is 7.37. The summed E-state index contributed by atoms with van der Waals surface area (Å²) in [5.74, 6) is 1.40. The zero-order chi connectivity index (χ0) is 20.8. The van der Waals surface area contributed by atoms with E-state index in [0.717, 1.165) is 40.9 Å². The molecule has 1 N–H and O–H groups in total. The van der Waals surface area contributed by atoms with Crippen LogP contribution in [0.1, 0.15) is 11.3 Å². The molecular formula is C23H26ClN3O2. The lowest BCUT2D eigenvalue weighted by Gasteiger charge is -2.14. The highest BCUT2D eigenvalue weighted by molar-refractivity contribution is 6.31. The highest BCUT2D eigenvalue weighted by atomic mass is 35.5. The highest BCUT2D eigenvalue weighted by Crippen LogP contribution is 2.29. The highest BCUT2D eigenvalue weighted by Gasteiger charge is 2.07. The van der Waals surface area contributed by atoms with Gasteiger partial charge >= 0.3 is 0 Å². The summed E-state index contributed by atoms with van der Waals surface area (Å²) < 4.78 is 10.7. The number of likely N-dealkylation sites (N-methyl/N-ethyl adjacent to an activating group) is 1. The van der Waals surface area contributed by atoms with E-state index in [9.17, 15) is 0 Å². The number of ether oxygens (including phenoxy) is 2. The van der Waals surface area contributed by atoms with Crippen LogP contribution in [0.15, 0.2) is 42.5 Å². The Labute approximate surface area is 176 Å². The van der Waals surface area contributed by atoms with Gasteiger partial charge in [-0.05, 0) is 62.1 Å². The number of hydrogen-bond donors (Lipinski definition) is 1. The van der Waals surface area contributed by atoms with E-state index >= 15 is 0 Å². The van der Waals surface area contributed by atoms with E-state index < -0.39 is 0 Å². The van der Waals surface area contributed by atoms with E-state index in [1.54, 1.807) is 14.2 Å². The Bertz CT molecular complexity index is 1020. The number of nitrogens with one attached hydrogen (secondary N) is 1. The first-order chi connectivity index (χ1) is 14.0. The lowest BCUT2D eigenvalue weighted by molar-refractivity contribution is 0.355. The second-order valence-corrected chi connectivity index (χ2v) is 7.37. The number of pyridine rings is 1. The fraction of sp³-hybridized carbons (Fsp3) is 0.261.